The van der Waals surface area contributed by atoms with Crippen LogP contribution in [0.5, 0.6) is 0 Å². The third kappa shape index (κ3) is 3.34. The molecule has 27 heavy (non-hydrogen) atoms. The fourth-order valence-corrected chi connectivity index (χ4v) is 3.96. The quantitative estimate of drug-likeness (QED) is 0.845. The monoisotopic (exact) mass is 370 g/mol. The fourth-order valence-electron chi connectivity index (χ4n) is 3.96. The van der Waals surface area contributed by atoms with Gasteiger partial charge in [-0.05, 0) is 44.9 Å². The van der Waals surface area contributed by atoms with Gasteiger partial charge in [0.15, 0.2) is 5.82 Å². The van der Waals surface area contributed by atoms with Gasteiger partial charge in [0.2, 0.25) is 5.91 Å². The number of piperidine rings is 1. The number of nitrogens with zero attached hydrogens (tertiary/aromatic N) is 3. The van der Waals surface area contributed by atoms with Gasteiger partial charge in [0, 0.05) is 25.7 Å². The van der Waals surface area contributed by atoms with Gasteiger partial charge in [-0.3, -0.25) is 9.59 Å². The number of hydrogen-bond donors (Lipinski definition) is 1. The molecule has 7 heteroatoms. The van der Waals surface area contributed by atoms with E-state index < -0.39 is 0 Å². The molecule has 0 unspecified atom stereocenters. The van der Waals surface area contributed by atoms with Crippen LogP contribution in [-0.4, -0.2) is 57.3 Å². The molecule has 6 nitrogen and oxygen atoms in total. The Morgan fingerprint density at radius 2 is 2.15 bits per heavy atom. The molecule has 5 rings (SSSR count). The highest BCUT2D eigenvalue weighted by molar-refractivity contribution is 5.95. The minimum absolute atomic E-state index is 0.0256. The second-order valence-corrected chi connectivity index (χ2v) is 7.66. The maximum Gasteiger partial charge on any atom is 0.289 e. The Hall–Kier alpha value is -2.70. The van der Waals surface area contributed by atoms with Gasteiger partial charge in [0.05, 0.1) is 17.0 Å². The first-order chi connectivity index (χ1) is 12.9. The van der Waals surface area contributed by atoms with E-state index in [1.54, 1.807) is 11.0 Å². The van der Waals surface area contributed by atoms with Crippen LogP contribution in [0.2, 0.25) is 0 Å². The largest absolute Gasteiger partial charge is 0.334 e. The lowest BCUT2D eigenvalue weighted by Crippen LogP contribution is -2.48. The van der Waals surface area contributed by atoms with Crippen LogP contribution < -0.4 is 0 Å². The van der Waals surface area contributed by atoms with Crippen molar-refractivity contribution in [3.05, 3.63) is 41.5 Å². The van der Waals surface area contributed by atoms with Crippen molar-refractivity contribution in [2.24, 2.45) is 5.92 Å². The van der Waals surface area contributed by atoms with E-state index in [-0.39, 0.29) is 35.4 Å². The highest BCUT2D eigenvalue weighted by Gasteiger charge is 2.42. The molecule has 1 aromatic heterocycles. The number of halogens is 1. The van der Waals surface area contributed by atoms with Crippen molar-refractivity contribution >= 4 is 22.8 Å². The maximum atomic E-state index is 13.4. The third-order valence-electron chi connectivity index (χ3n) is 5.42. The van der Waals surface area contributed by atoms with E-state index in [0.717, 1.165) is 12.8 Å². The number of imidazole rings is 1. The van der Waals surface area contributed by atoms with Gasteiger partial charge in [-0.15, -0.1) is 0 Å². The van der Waals surface area contributed by atoms with E-state index >= 15 is 0 Å². The fraction of sp³-hybridized carbons (Fsp3) is 0.450. The van der Waals surface area contributed by atoms with Gasteiger partial charge in [-0.1, -0.05) is 11.6 Å². The molecule has 2 bridgehead atoms. The van der Waals surface area contributed by atoms with Crippen LogP contribution >= 0.6 is 0 Å². The summed E-state index contributed by atoms with van der Waals surface area (Å²) < 4.78 is 13.4. The number of nitrogens with one attached hydrogen (secondary N) is 1. The first kappa shape index (κ1) is 17.7. The zero-order chi connectivity index (χ0) is 19.1. The van der Waals surface area contributed by atoms with Gasteiger partial charge in [-0.25, -0.2) is 9.37 Å². The van der Waals surface area contributed by atoms with Crippen molar-refractivity contribution in [3.8, 4) is 0 Å². The number of aromatic nitrogens is 2. The Bertz CT molecular complexity index is 931. The summed E-state index contributed by atoms with van der Waals surface area (Å²) in [5.41, 5.74) is 2.22. The Labute approximate surface area is 157 Å². The summed E-state index contributed by atoms with van der Waals surface area (Å²) in [4.78, 5) is 36.6. The highest BCUT2D eigenvalue weighted by atomic mass is 19.1. The summed E-state index contributed by atoms with van der Waals surface area (Å²) in [5, 5.41) is 0. The SMILES string of the molecule is CC(C)=CCN1C(=O)[C@H]2CC[C@@H]1CN(C(=O)c1nc3ccc(F)cc3[nH]1)C2. The Kier molecular flexibility index (Phi) is 4.45. The molecule has 1 aromatic carbocycles. The molecular weight excluding hydrogens is 347 g/mol. The minimum atomic E-state index is -0.376. The average Bonchev–Trinajstić information content (AvgIpc) is 2.85. The Morgan fingerprint density at radius 1 is 1.33 bits per heavy atom. The van der Waals surface area contributed by atoms with E-state index in [0.29, 0.717) is 30.7 Å². The molecular formula is C20H23FN4O2. The molecule has 3 aliphatic heterocycles. The van der Waals surface area contributed by atoms with Gasteiger partial charge in [0.25, 0.3) is 5.91 Å². The van der Waals surface area contributed by atoms with E-state index in [2.05, 4.69) is 16.0 Å². The van der Waals surface area contributed by atoms with Crippen LogP contribution in [0.4, 0.5) is 4.39 Å². The molecule has 1 N–H and O–H groups in total. The molecule has 2 amide bonds. The van der Waals surface area contributed by atoms with Crippen LogP contribution in [0.15, 0.2) is 29.8 Å². The van der Waals surface area contributed by atoms with Gasteiger partial charge in [0.1, 0.15) is 5.82 Å². The van der Waals surface area contributed by atoms with Crippen molar-refractivity contribution < 1.29 is 14.0 Å². The lowest BCUT2D eigenvalue weighted by atomic mass is 9.94. The Balaban J connectivity index is 1.58. The second kappa shape index (κ2) is 6.79. The van der Waals surface area contributed by atoms with Crippen molar-refractivity contribution in [3.63, 3.8) is 0 Å². The number of hydrogen-bond acceptors (Lipinski definition) is 3. The lowest BCUT2D eigenvalue weighted by molar-refractivity contribution is -0.139. The van der Waals surface area contributed by atoms with Crippen LogP contribution in [0.3, 0.4) is 0 Å². The lowest BCUT2D eigenvalue weighted by Gasteiger charge is -2.35. The summed E-state index contributed by atoms with van der Waals surface area (Å²) in [7, 11) is 0. The molecule has 0 radical (unpaired) electrons. The standard InChI is InChI=1S/C20H23FN4O2/c1-12(2)7-8-25-15-5-3-13(19(25)26)10-24(11-15)20(27)18-22-16-6-4-14(21)9-17(16)23-18/h4,6-7,9,13,15H,3,5,8,10-11H2,1-2H3,(H,22,23)/t13-,15+/m0/s1. The van der Waals surface area contributed by atoms with E-state index in [1.165, 1.54) is 17.7 Å². The molecule has 3 saturated heterocycles. The number of carbonyl (C=O) groups is 2. The average molecular weight is 370 g/mol. The zero-order valence-corrected chi connectivity index (χ0v) is 15.5. The number of carbonyl (C=O) groups excluding carboxylic acids is 2. The van der Waals surface area contributed by atoms with E-state index in [4.69, 9.17) is 0 Å². The first-order valence-corrected chi connectivity index (χ1v) is 9.31. The molecule has 142 valence electrons. The van der Waals surface area contributed by atoms with Crippen molar-refractivity contribution in [2.75, 3.05) is 19.6 Å². The molecule has 0 aliphatic carbocycles. The van der Waals surface area contributed by atoms with Crippen LogP contribution in [0.25, 0.3) is 11.0 Å². The summed E-state index contributed by atoms with van der Waals surface area (Å²) in [5.74, 6) is -0.454. The summed E-state index contributed by atoms with van der Waals surface area (Å²) >= 11 is 0. The molecule has 3 fully saturated rings. The van der Waals surface area contributed by atoms with Crippen molar-refractivity contribution in [1.82, 2.24) is 19.8 Å². The first-order valence-electron chi connectivity index (χ1n) is 9.31. The number of allylic oxidation sites excluding steroid dienone is 1. The van der Waals surface area contributed by atoms with Crippen LogP contribution in [-0.2, 0) is 4.79 Å². The zero-order valence-electron chi connectivity index (χ0n) is 15.5. The smallest absolute Gasteiger partial charge is 0.289 e. The van der Waals surface area contributed by atoms with Crippen LogP contribution in [0.1, 0.15) is 37.3 Å². The maximum absolute atomic E-state index is 13.4. The highest BCUT2D eigenvalue weighted by Crippen LogP contribution is 2.30. The summed E-state index contributed by atoms with van der Waals surface area (Å²) in [6.45, 7) is 5.53. The van der Waals surface area contributed by atoms with Crippen molar-refractivity contribution in [1.29, 1.82) is 0 Å². The topological polar surface area (TPSA) is 69.3 Å². The summed E-state index contributed by atoms with van der Waals surface area (Å²) in [6.07, 6.45) is 3.77. The van der Waals surface area contributed by atoms with Gasteiger partial charge >= 0.3 is 0 Å². The van der Waals surface area contributed by atoms with E-state index in [9.17, 15) is 14.0 Å². The van der Waals surface area contributed by atoms with E-state index in [1.807, 2.05) is 18.7 Å². The molecule has 2 atom stereocenters. The van der Waals surface area contributed by atoms with Gasteiger partial charge in [-0.2, -0.15) is 0 Å². The Morgan fingerprint density at radius 3 is 2.93 bits per heavy atom. The van der Waals surface area contributed by atoms with Gasteiger partial charge < -0.3 is 14.8 Å². The second-order valence-electron chi connectivity index (χ2n) is 7.66. The third-order valence-corrected chi connectivity index (χ3v) is 5.42. The molecule has 4 heterocycles. The molecule has 3 aliphatic rings. The normalized spacial score (nSPS) is 22.3. The number of amides is 2. The number of aromatic amines is 1. The molecule has 0 spiro atoms. The predicted molar refractivity (Wildman–Crippen MR) is 99.6 cm³/mol. The minimum Gasteiger partial charge on any atom is -0.334 e. The number of benzene rings is 1. The summed E-state index contributed by atoms with van der Waals surface area (Å²) in [6, 6.07) is 4.23. The predicted octanol–water partition coefficient (Wildman–Crippen LogP) is 2.73. The molecule has 0 saturated carbocycles. The number of fused-ring (bicyclic) bond motifs is 5. The van der Waals surface area contributed by atoms with Crippen LogP contribution in [0, 0.1) is 11.7 Å². The number of H-pyrrole nitrogens is 1. The van der Waals surface area contributed by atoms with Crippen molar-refractivity contribution in [2.45, 2.75) is 32.7 Å². The molecule has 2 aromatic rings. The number of rotatable bonds is 3.